The second-order valence-electron chi connectivity index (χ2n) is 14.1. The second-order valence-corrected chi connectivity index (χ2v) is 15.7. The van der Waals surface area contributed by atoms with Gasteiger partial charge >= 0.3 is 0 Å². The summed E-state index contributed by atoms with van der Waals surface area (Å²) < 4.78 is 31.2. The molecule has 4 saturated carbocycles. The Morgan fingerprint density at radius 1 is 0.854 bits per heavy atom. The van der Waals surface area contributed by atoms with Crippen LogP contribution >= 0.6 is 0 Å². The maximum Gasteiger partial charge on any atom is 0.266 e. The monoisotopic (exact) mass is 579 g/mol. The number of benzene rings is 2. The zero-order chi connectivity index (χ0) is 29.0. The number of hydrogen-bond acceptors (Lipinski definition) is 4. The molecule has 0 heterocycles. The third-order valence-electron chi connectivity index (χ3n) is 12.2. The van der Waals surface area contributed by atoms with Crippen LogP contribution in [0, 0.1) is 40.4 Å². The summed E-state index contributed by atoms with van der Waals surface area (Å²) in [6.07, 6.45) is 8.94. The summed E-state index contributed by atoms with van der Waals surface area (Å²) in [6.45, 7) is 4.74. The van der Waals surface area contributed by atoms with Gasteiger partial charge in [0.2, 0.25) is 5.91 Å². The first-order valence-corrected chi connectivity index (χ1v) is 17.2. The van der Waals surface area contributed by atoms with Crippen molar-refractivity contribution in [1.29, 1.82) is 0 Å². The standard InChI is InChI=1S/C34H45NO5S/c1-32-18-19-34(37,25-10-8-24(9-11-25)23-6-4-3-5-7-23)22-26(32)12-13-27-28-14-15-30(33(28,2)17-16-29(27)32)31(36)35-20-21-41(38,39)40/h3-11,26-30,37H,12-22H2,1-2H3,(H,35,36)(H,38,39,40)/t26-,27+,28+,29+,30-,32+,33+,34-/m1/s1. The Bertz CT molecular complexity index is 1380. The van der Waals surface area contributed by atoms with Gasteiger partial charge in [0.1, 0.15) is 0 Å². The molecule has 2 aromatic rings. The highest BCUT2D eigenvalue weighted by atomic mass is 32.2. The molecule has 222 valence electrons. The molecule has 4 fully saturated rings. The van der Waals surface area contributed by atoms with E-state index in [-0.39, 0.29) is 29.2 Å². The van der Waals surface area contributed by atoms with Crippen LogP contribution in [0.2, 0.25) is 0 Å². The third-order valence-corrected chi connectivity index (χ3v) is 13.0. The Morgan fingerprint density at radius 2 is 1.54 bits per heavy atom. The molecule has 41 heavy (non-hydrogen) atoms. The molecule has 3 N–H and O–H groups in total. The molecular formula is C34H45NO5S. The molecule has 4 aliphatic carbocycles. The number of carbonyl (C=O) groups excluding carboxylic acids is 1. The van der Waals surface area contributed by atoms with Gasteiger partial charge < -0.3 is 10.4 Å². The van der Waals surface area contributed by atoms with Gasteiger partial charge in [0, 0.05) is 12.5 Å². The van der Waals surface area contributed by atoms with Crippen molar-refractivity contribution in [3.63, 3.8) is 0 Å². The highest BCUT2D eigenvalue weighted by molar-refractivity contribution is 7.85. The number of amides is 1. The number of nitrogens with one attached hydrogen (secondary N) is 1. The maximum atomic E-state index is 13.1. The molecule has 4 aliphatic rings. The first-order chi connectivity index (χ1) is 19.4. The van der Waals surface area contributed by atoms with Crippen LogP contribution in [-0.2, 0) is 20.5 Å². The van der Waals surface area contributed by atoms with Crippen LogP contribution in [0.4, 0.5) is 0 Å². The van der Waals surface area contributed by atoms with Crippen LogP contribution in [0.3, 0.4) is 0 Å². The molecule has 0 bridgehead atoms. The Balaban J connectivity index is 1.14. The first kappa shape index (κ1) is 28.9. The van der Waals surface area contributed by atoms with Gasteiger partial charge in [0.25, 0.3) is 10.1 Å². The lowest BCUT2D eigenvalue weighted by atomic mass is 9.43. The highest BCUT2D eigenvalue weighted by Crippen LogP contribution is 2.68. The van der Waals surface area contributed by atoms with Crippen LogP contribution in [0.5, 0.6) is 0 Å². The van der Waals surface area contributed by atoms with Gasteiger partial charge in [-0.05, 0) is 109 Å². The predicted molar refractivity (Wildman–Crippen MR) is 160 cm³/mol. The Hall–Kier alpha value is -2.22. The molecule has 2 aromatic carbocycles. The van der Waals surface area contributed by atoms with E-state index in [1.807, 2.05) is 6.07 Å². The zero-order valence-electron chi connectivity index (χ0n) is 24.4. The highest BCUT2D eigenvalue weighted by Gasteiger charge is 2.62. The van der Waals surface area contributed by atoms with Crippen LogP contribution < -0.4 is 5.32 Å². The summed E-state index contributed by atoms with van der Waals surface area (Å²) in [6, 6.07) is 18.9. The summed E-state index contributed by atoms with van der Waals surface area (Å²) in [5.74, 6) is 1.60. The maximum absolute atomic E-state index is 13.1. The summed E-state index contributed by atoms with van der Waals surface area (Å²) >= 11 is 0. The van der Waals surface area contributed by atoms with Crippen molar-refractivity contribution in [1.82, 2.24) is 5.32 Å². The molecule has 0 unspecified atom stereocenters. The van der Waals surface area contributed by atoms with E-state index in [0.717, 1.165) is 63.4 Å². The van der Waals surface area contributed by atoms with Crippen molar-refractivity contribution in [3.05, 3.63) is 60.2 Å². The van der Waals surface area contributed by atoms with Gasteiger partial charge in [0.05, 0.1) is 11.4 Å². The van der Waals surface area contributed by atoms with E-state index in [0.29, 0.717) is 23.7 Å². The van der Waals surface area contributed by atoms with E-state index in [2.05, 4.69) is 67.7 Å². The zero-order valence-corrected chi connectivity index (χ0v) is 25.2. The largest absolute Gasteiger partial charge is 0.385 e. The topological polar surface area (TPSA) is 104 Å². The lowest BCUT2D eigenvalue weighted by Gasteiger charge is -2.62. The van der Waals surface area contributed by atoms with Crippen molar-refractivity contribution in [2.75, 3.05) is 12.3 Å². The number of hydrogen-bond donors (Lipinski definition) is 3. The van der Waals surface area contributed by atoms with Gasteiger partial charge in [-0.15, -0.1) is 0 Å². The lowest BCUT2D eigenvalue weighted by molar-refractivity contribution is -0.156. The van der Waals surface area contributed by atoms with E-state index in [1.165, 1.54) is 11.1 Å². The average molecular weight is 580 g/mol. The van der Waals surface area contributed by atoms with E-state index < -0.39 is 21.5 Å². The molecule has 0 saturated heterocycles. The number of fused-ring (bicyclic) bond motifs is 5. The van der Waals surface area contributed by atoms with Gasteiger partial charge in [-0.2, -0.15) is 8.42 Å². The molecule has 8 atom stereocenters. The Morgan fingerprint density at radius 3 is 2.24 bits per heavy atom. The summed E-state index contributed by atoms with van der Waals surface area (Å²) in [5, 5.41) is 14.8. The van der Waals surface area contributed by atoms with E-state index in [4.69, 9.17) is 4.55 Å². The number of aliphatic hydroxyl groups is 1. The fourth-order valence-corrected chi connectivity index (χ4v) is 10.3. The van der Waals surface area contributed by atoms with Crippen LogP contribution in [-0.4, -0.2) is 36.3 Å². The minimum atomic E-state index is -4.09. The predicted octanol–water partition coefficient (Wildman–Crippen LogP) is 6.20. The molecule has 0 aromatic heterocycles. The molecule has 6 rings (SSSR count). The number of carbonyl (C=O) groups is 1. The van der Waals surface area contributed by atoms with E-state index in [1.54, 1.807) is 0 Å². The molecule has 1 amide bonds. The van der Waals surface area contributed by atoms with E-state index in [9.17, 15) is 18.3 Å². The van der Waals surface area contributed by atoms with Gasteiger partial charge in [0.15, 0.2) is 0 Å². The summed E-state index contributed by atoms with van der Waals surface area (Å²) in [4.78, 5) is 13.1. The van der Waals surface area contributed by atoms with Gasteiger partial charge in [-0.1, -0.05) is 68.4 Å². The van der Waals surface area contributed by atoms with Crippen molar-refractivity contribution in [2.24, 2.45) is 40.4 Å². The second kappa shape index (κ2) is 10.5. The Labute approximate surface area is 245 Å². The quantitative estimate of drug-likeness (QED) is 0.354. The first-order valence-electron chi connectivity index (χ1n) is 15.5. The lowest BCUT2D eigenvalue weighted by Crippen LogP contribution is -2.56. The van der Waals surface area contributed by atoms with Crippen LogP contribution in [0.1, 0.15) is 77.2 Å². The minimum absolute atomic E-state index is 0.0430. The number of rotatable bonds is 6. The smallest absolute Gasteiger partial charge is 0.266 e. The molecule has 0 aliphatic heterocycles. The van der Waals surface area contributed by atoms with Gasteiger partial charge in [-0.25, -0.2) is 0 Å². The van der Waals surface area contributed by atoms with Crippen LogP contribution in [0.25, 0.3) is 11.1 Å². The Kier molecular flexibility index (Phi) is 7.39. The molecular weight excluding hydrogens is 534 g/mol. The third kappa shape index (κ3) is 5.16. The van der Waals surface area contributed by atoms with Crippen molar-refractivity contribution < 1.29 is 22.9 Å². The summed E-state index contributed by atoms with van der Waals surface area (Å²) in [5.41, 5.74) is 2.75. The van der Waals surface area contributed by atoms with Crippen molar-refractivity contribution >= 4 is 16.0 Å². The van der Waals surface area contributed by atoms with E-state index >= 15 is 0 Å². The summed E-state index contributed by atoms with van der Waals surface area (Å²) in [7, 11) is -4.09. The average Bonchev–Trinajstić information content (AvgIpc) is 3.31. The normalized spacial score (nSPS) is 38.4. The van der Waals surface area contributed by atoms with Gasteiger partial charge in [-0.3, -0.25) is 9.35 Å². The fraction of sp³-hybridized carbons (Fsp3) is 0.618. The fourth-order valence-electron chi connectivity index (χ4n) is 9.97. The molecule has 0 spiro atoms. The molecule has 7 heteroatoms. The molecule has 0 radical (unpaired) electrons. The molecule has 6 nitrogen and oxygen atoms in total. The van der Waals surface area contributed by atoms with Crippen molar-refractivity contribution in [3.8, 4) is 11.1 Å². The minimum Gasteiger partial charge on any atom is -0.385 e. The SMILES string of the molecule is C[C@]12CC[C@](O)(c3ccc(-c4ccccc4)cc3)C[C@H]1CC[C@@H]1[C@@H]2CC[C@]2(C)[C@@H](C(=O)NCCS(=O)(=O)O)CC[C@@H]12. The van der Waals surface area contributed by atoms with Crippen molar-refractivity contribution in [2.45, 2.75) is 77.2 Å². The van der Waals surface area contributed by atoms with Crippen LogP contribution in [0.15, 0.2) is 54.6 Å².